The number of hydrogen-bond donors (Lipinski definition) is 0. The van der Waals surface area contributed by atoms with Crippen molar-refractivity contribution in [1.82, 2.24) is 0 Å². The fourth-order valence-corrected chi connectivity index (χ4v) is 5.46. The molecule has 0 amide bonds. The van der Waals surface area contributed by atoms with E-state index in [0.717, 1.165) is 22.3 Å². The van der Waals surface area contributed by atoms with E-state index in [1.165, 1.54) is 72.7 Å². The van der Waals surface area contributed by atoms with Gasteiger partial charge >= 0.3 is 0 Å². The molecule has 0 heterocycles. The summed E-state index contributed by atoms with van der Waals surface area (Å²) >= 11 is 3.88. The van der Waals surface area contributed by atoms with Crippen molar-refractivity contribution in [1.29, 1.82) is 0 Å². The van der Waals surface area contributed by atoms with E-state index in [2.05, 4.69) is 110 Å². The first kappa shape index (κ1) is 28.1. The molecule has 3 aromatic carbocycles. The minimum absolute atomic E-state index is 1.01. The van der Waals surface area contributed by atoms with Crippen molar-refractivity contribution in [3.63, 3.8) is 0 Å². The predicted octanol–water partition coefficient (Wildman–Crippen LogP) is 9.83. The van der Waals surface area contributed by atoms with Crippen LogP contribution < -0.4 is 0 Å². The van der Waals surface area contributed by atoms with Crippen LogP contribution in [0.15, 0.2) is 82.6 Å². The second-order valence-electron chi connectivity index (χ2n) is 8.94. The first-order valence-electron chi connectivity index (χ1n) is 13.4. The fraction of sp³-hybridized carbons (Fsp3) is 0.353. The molecule has 0 saturated carbocycles. The second kappa shape index (κ2) is 17.0. The van der Waals surface area contributed by atoms with Gasteiger partial charge in [-0.15, -0.1) is 23.5 Å². The topological polar surface area (TPSA) is 0 Å². The average Bonchev–Trinajstić information content (AvgIpc) is 2.92. The van der Waals surface area contributed by atoms with E-state index in [1.54, 1.807) is 0 Å². The zero-order chi connectivity index (χ0) is 25.3. The summed E-state index contributed by atoms with van der Waals surface area (Å²) in [6.07, 6.45) is 10.5. The SMILES string of the molecule is CCCCCCSc1ccc(C#Cc2ccc(C#Cc3ccc(SCCCCCC)cc3)cc2)cc1. The summed E-state index contributed by atoms with van der Waals surface area (Å²) in [5.74, 6) is 15.5. The van der Waals surface area contributed by atoms with Gasteiger partial charge in [0.15, 0.2) is 0 Å². The maximum atomic E-state index is 3.28. The quantitative estimate of drug-likeness (QED) is 0.135. The molecule has 0 aromatic heterocycles. The molecule has 0 saturated heterocycles. The van der Waals surface area contributed by atoms with Gasteiger partial charge in [-0.1, -0.05) is 76.1 Å². The van der Waals surface area contributed by atoms with Crippen LogP contribution in [-0.4, -0.2) is 11.5 Å². The Morgan fingerprint density at radius 3 is 1.03 bits per heavy atom. The van der Waals surface area contributed by atoms with Gasteiger partial charge in [0.05, 0.1) is 0 Å². The Bertz CT molecular complexity index is 1040. The first-order valence-corrected chi connectivity index (χ1v) is 15.3. The molecule has 186 valence electrons. The normalized spacial score (nSPS) is 10.3. The van der Waals surface area contributed by atoms with Crippen LogP contribution in [0.2, 0.25) is 0 Å². The molecule has 0 bridgehead atoms. The smallest absolute Gasteiger partial charge is 0.0249 e. The Morgan fingerprint density at radius 2 is 0.722 bits per heavy atom. The van der Waals surface area contributed by atoms with Crippen molar-refractivity contribution in [2.45, 2.75) is 75.0 Å². The highest BCUT2D eigenvalue weighted by Crippen LogP contribution is 2.21. The largest absolute Gasteiger partial charge is 0.126 e. The van der Waals surface area contributed by atoms with Gasteiger partial charge in [0.2, 0.25) is 0 Å². The molecule has 0 fully saturated rings. The van der Waals surface area contributed by atoms with Gasteiger partial charge < -0.3 is 0 Å². The number of hydrogen-bond acceptors (Lipinski definition) is 2. The van der Waals surface area contributed by atoms with Crippen molar-refractivity contribution in [2.24, 2.45) is 0 Å². The molecule has 0 aliphatic carbocycles. The van der Waals surface area contributed by atoms with Gasteiger partial charge in [0.1, 0.15) is 0 Å². The average molecular weight is 511 g/mol. The zero-order valence-electron chi connectivity index (χ0n) is 21.8. The molecule has 0 nitrogen and oxygen atoms in total. The lowest BCUT2D eigenvalue weighted by Gasteiger charge is -2.01. The van der Waals surface area contributed by atoms with Crippen LogP contribution in [0.5, 0.6) is 0 Å². The van der Waals surface area contributed by atoms with Crippen LogP contribution in [-0.2, 0) is 0 Å². The molecule has 3 rings (SSSR count). The molecule has 0 spiro atoms. The summed E-state index contributed by atoms with van der Waals surface area (Å²) in [5, 5.41) is 0. The van der Waals surface area contributed by atoms with E-state index in [0.29, 0.717) is 0 Å². The van der Waals surface area contributed by atoms with Gasteiger partial charge in [-0.25, -0.2) is 0 Å². The number of thioether (sulfide) groups is 2. The van der Waals surface area contributed by atoms with Crippen LogP contribution in [0.3, 0.4) is 0 Å². The highest BCUT2D eigenvalue weighted by atomic mass is 32.2. The van der Waals surface area contributed by atoms with Gasteiger partial charge in [-0.2, -0.15) is 0 Å². The molecule has 2 heteroatoms. The summed E-state index contributed by atoms with van der Waals surface area (Å²) in [7, 11) is 0. The fourth-order valence-electron chi connectivity index (χ4n) is 3.63. The molecule has 0 aliphatic rings. The van der Waals surface area contributed by atoms with E-state index < -0.39 is 0 Å². The molecule has 0 atom stereocenters. The molecular weight excluding hydrogens is 473 g/mol. The van der Waals surface area contributed by atoms with E-state index in [-0.39, 0.29) is 0 Å². The number of benzene rings is 3. The summed E-state index contributed by atoms with van der Waals surface area (Å²) in [4.78, 5) is 2.66. The zero-order valence-corrected chi connectivity index (χ0v) is 23.4. The van der Waals surface area contributed by atoms with Crippen molar-refractivity contribution in [2.75, 3.05) is 11.5 Å². The van der Waals surface area contributed by atoms with Crippen molar-refractivity contribution >= 4 is 23.5 Å². The Balaban J connectivity index is 1.46. The van der Waals surface area contributed by atoms with Crippen LogP contribution in [0.4, 0.5) is 0 Å². The van der Waals surface area contributed by atoms with E-state index in [9.17, 15) is 0 Å². The molecule has 36 heavy (non-hydrogen) atoms. The Labute approximate surface area is 228 Å². The van der Waals surface area contributed by atoms with E-state index in [4.69, 9.17) is 0 Å². The van der Waals surface area contributed by atoms with Gasteiger partial charge in [0, 0.05) is 32.0 Å². The summed E-state index contributed by atoms with van der Waals surface area (Å²) in [6.45, 7) is 4.51. The predicted molar refractivity (Wildman–Crippen MR) is 161 cm³/mol. The first-order chi connectivity index (χ1) is 17.8. The van der Waals surface area contributed by atoms with Crippen LogP contribution in [0, 0.1) is 23.7 Å². The maximum absolute atomic E-state index is 3.28. The van der Waals surface area contributed by atoms with Gasteiger partial charge in [0.25, 0.3) is 0 Å². The van der Waals surface area contributed by atoms with Gasteiger partial charge in [-0.3, -0.25) is 0 Å². The Kier molecular flexibility index (Phi) is 13.3. The molecule has 3 aromatic rings. The lowest BCUT2D eigenvalue weighted by atomic mass is 10.1. The Morgan fingerprint density at radius 1 is 0.417 bits per heavy atom. The summed E-state index contributed by atoms with van der Waals surface area (Å²) in [5.41, 5.74) is 4.12. The van der Waals surface area contributed by atoms with Crippen molar-refractivity contribution in [3.8, 4) is 23.7 Å². The minimum atomic E-state index is 1.01. The van der Waals surface area contributed by atoms with Gasteiger partial charge in [-0.05, 0) is 97.1 Å². The second-order valence-corrected chi connectivity index (χ2v) is 11.3. The lowest BCUT2D eigenvalue weighted by molar-refractivity contribution is 0.706. The van der Waals surface area contributed by atoms with Crippen LogP contribution >= 0.6 is 23.5 Å². The monoisotopic (exact) mass is 510 g/mol. The molecule has 0 radical (unpaired) electrons. The van der Waals surface area contributed by atoms with E-state index in [1.807, 2.05) is 23.5 Å². The number of unbranched alkanes of at least 4 members (excludes halogenated alkanes) is 6. The number of rotatable bonds is 12. The van der Waals surface area contributed by atoms with Crippen LogP contribution in [0.25, 0.3) is 0 Å². The maximum Gasteiger partial charge on any atom is 0.0249 e. The molecule has 0 unspecified atom stereocenters. The molecule has 0 N–H and O–H groups in total. The molecule has 0 aliphatic heterocycles. The third-order valence-electron chi connectivity index (χ3n) is 5.83. The van der Waals surface area contributed by atoms with Crippen LogP contribution in [0.1, 0.15) is 87.5 Å². The summed E-state index contributed by atoms with van der Waals surface area (Å²) < 4.78 is 0. The summed E-state index contributed by atoms with van der Waals surface area (Å²) in [6, 6.07) is 25.4. The highest BCUT2D eigenvalue weighted by molar-refractivity contribution is 7.99. The Hall–Kier alpha value is -2.52. The lowest BCUT2D eigenvalue weighted by Crippen LogP contribution is -1.82. The van der Waals surface area contributed by atoms with Crippen molar-refractivity contribution in [3.05, 3.63) is 95.1 Å². The van der Waals surface area contributed by atoms with Crippen molar-refractivity contribution < 1.29 is 0 Å². The van der Waals surface area contributed by atoms with E-state index >= 15 is 0 Å². The minimum Gasteiger partial charge on any atom is -0.126 e. The highest BCUT2D eigenvalue weighted by Gasteiger charge is 1.97. The standard InChI is InChI=1S/C34H38S2/c1-3-5-7-9-27-35-33-23-19-31(20-24-33)17-15-29-11-13-30(14-12-29)16-18-32-21-25-34(26-22-32)36-28-10-8-6-4-2/h11-14,19-26H,3-10,27-28H2,1-2H3. The molecular formula is C34H38S2. The third-order valence-corrected chi connectivity index (χ3v) is 8.03. The third kappa shape index (κ3) is 11.0.